The van der Waals surface area contributed by atoms with Crippen molar-refractivity contribution >= 4 is 6.71 Å². The zero-order chi connectivity index (χ0) is 10.8. The lowest BCUT2D eigenvalue weighted by atomic mass is 9.69. The van der Waals surface area contributed by atoms with Crippen LogP contribution in [0.5, 0.6) is 0 Å². The van der Waals surface area contributed by atoms with Gasteiger partial charge in [-0.2, -0.15) is 0 Å². The van der Waals surface area contributed by atoms with Gasteiger partial charge in [0.05, 0.1) is 11.6 Å². The highest BCUT2D eigenvalue weighted by atomic mass is 16.5. The van der Waals surface area contributed by atoms with E-state index >= 15 is 0 Å². The first-order valence-corrected chi connectivity index (χ1v) is 5.01. The maximum absolute atomic E-state index is 5.88. The molecular weight excluding hydrogens is 175 g/mol. The van der Waals surface area contributed by atoms with E-state index in [0.29, 0.717) is 6.71 Å². The standard InChI is InChI=1S/C10H19BN2O/c1-4-5-8(6-7-12)14-10(2)9(13)11(10)3/h4-9H,12-13H2,1-3H3. The Morgan fingerprint density at radius 2 is 2.07 bits per heavy atom. The monoisotopic (exact) mass is 194 g/mol. The normalized spacial score (nSPS) is 34.3. The molecule has 0 aromatic carbocycles. The van der Waals surface area contributed by atoms with Crippen LogP contribution in [0.4, 0.5) is 0 Å². The van der Waals surface area contributed by atoms with Crippen LogP contribution in [-0.2, 0) is 4.74 Å². The van der Waals surface area contributed by atoms with Gasteiger partial charge in [0, 0.05) is 5.94 Å². The molecule has 1 aliphatic rings. The topological polar surface area (TPSA) is 61.3 Å². The molecule has 0 radical (unpaired) electrons. The molecule has 1 heterocycles. The molecule has 3 nitrogen and oxygen atoms in total. The Bertz CT molecular complexity index is 233. The summed E-state index contributed by atoms with van der Waals surface area (Å²) in [5, 5.41) is 0. The van der Waals surface area contributed by atoms with Crippen molar-refractivity contribution in [2.45, 2.75) is 38.2 Å². The summed E-state index contributed by atoms with van der Waals surface area (Å²) in [7, 11) is 0. The summed E-state index contributed by atoms with van der Waals surface area (Å²) in [6, 6.07) is 0. The Labute approximate surface area is 86.3 Å². The van der Waals surface area contributed by atoms with Crippen LogP contribution in [-0.4, -0.2) is 24.3 Å². The van der Waals surface area contributed by atoms with Crippen molar-refractivity contribution in [3.63, 3.8) is 0 Å². The smallest absolute Gasteiger partial charge is 0.199 e. The fourth-order valence-electron chi connectivity index (χ4n) is 1.66. The summed E-state index contributed by atoms with van der Waals surface area (Å²) in [4.78, 5) is 0. The highest BCUT2D eigenvalue weighted by Gasteiger charge is 2.61. The van der Waals surface area contributed by atoms with Crippen LogP contribution in [0, 0.1) is 0 Å². The molecule has 1 fully saturated rings. The van der Waals surface area contributed by atoms with E-state index < -0.39 is 0 Å². The van der Waals surface area contributed by atoms with E-state index in [1.165, 1.54) is 6.20 Å². The van der Waals surface area contributed by atoms with Gasteiger partial charge in [0.25, 0.3) is 0 Å². The lowest BCUT2D eigenvalue weighted by Crippen LogP contribution is -2.26. The Balaban J connectivity index is 2.57. The molecule has 0 aromatic heterocycles. The van der Waals surface area contributed by atoms with Crippen LogP contribution in [0.1, 0.15) is 13.8 Å². The number of nitrogens with two attached hydrogens (primary N) is 2. The number of rotatable bonds is 4. The van der Waals surface area contributed by atoms with Gasteiger partial charge < -0.3 is 16.2 Å². The van der Waals surface area contributed by atoms with Gasteiger partial charge in [-0.15, -0.1) is 0 Å². The number of hydrogen-bond acceptors (Lipinski definition) is 3. The van der Waals surface area contributed by atoms with Crippen molar-refractivity contribution < 1.29 is 4.74 Å². The van der Waals surface area contributed by atoms with E-state index in [4.69, 9.17) is 16.2 Å². The molecule has 0 aromatic rings. The first kappa shape index (κ1) is 11.3. The predicted octanol–water partition coefficient (Wildman–Crippen LogP) is 0.723. The van der Waals surface area contributed by atoms with Crippen molar-refractivity contribution in [2.24, 2.45) is 11.5 Å². The Morgan fingerprint density at radius 1 is 1.50 bits per heavy atom. The summed E-state index contributed by atoms with van der Waals surface area (Å²) in [6.45, 7) is 6.52. The van der Waals surface area contributed by atoms with Crippen molar-refractivity contribution in [2.75, 3.05) is 0 Å². The van der Waals surface area contributed by atoms with Gasteiger partial charge in [-0.1, -0.05) is 19.0 Å². The molecule has 4 N–H and O–H groups in total. The van der Waals surface area contributed by atoms with Gasteiger partial charge in [0.1, 0.15) is 0 Å². The highest BCUT2D eigenvalue weighted by molar-refractivity contribution is 6.75. The van der Waals surface area contributed by atoms with E-state index in [1.54, 1.807) is 0 Å². The third kappa shape index (κ3) is 2.02. The zero-order valence-corrected chi connectivity index (χ0v) is 9.10. The van der Waals surface area contributed by atoms with Crippen LogP contribution in [0.2, 0.25) is 6.82 Å². The van der Waals surface area contributed by atoms with E-state index in [0.717, 1.165) is 0 Å². The van der Waals surface area contributed by atoms with E-state index in [2.05, 4.69) is 6.82 Å². The summed E-state index contributed by atoms with van der Waals surface area (Å²) < 4.78 is 5.88. The van der Waals surface area contributed by atoms with Crippen LogP contribution in [0.15, 0.2) is 24.4 Å². The number of hydrogen-bond donors (Lipinski definition) is 2. The molecule has 1 aliphatic heterocycles. The third-order valence-corrected chi connectivity index (χ3v) is 3.07. The fourth-order valence-corrected chi connectivity index (χ4v) is 1.66. The largest absolute Gasteiger partial charge is 0.405 e. The molecular formula is C10H19BN2O. The molecule has 14 heavy (non-hydrogen) atoms. The fraction of sp³-hybridized carbons (Fsp3) is 0.600. The maximum atomic E-state index is 5.88. The quantitative estimate of drug-likeness (QED) is 0.512. The van der Waals surface area contributed by atoms with Crippen molar-refractivity contribution in [1.29, 1.82) is 0 Å². The van der Waals surface area contributed by atoms with E-state index in [1.807, 2.05) is 32.1 Å². The Morgan fingerprint density at radius 3 is 2.43 bits per heavy atom. The second-order valence-corrected chi connectivity index (χ2v) is 3.99. The van der Waals surface area contributed by atoms with Gasteiger partial charge in [-0.25, -0.2) is 0 Å². The molecule has 3 unspecified atom stereocenters. The second kappa shape index (κ2) is 4.19. The average Bonchev–Trinajstić information content (AvgIpc) is 2.58. The van der Waals surface area contributed by atoms with Gasteiger partial charge >= 0.3 is 0 Å². The molecule has 0 aliphatic carbocycles. The lowest BCUT2D eigenvalue weighted by Gasteiger charge is -2.18. The number of allylic oxidation sites excluding steroid dienone is 1. The molecule has 4 heteroatoms. The van der Waals surface area contributed by atoms with Crippen LogP contribution >= 0.6 is 0 Å². The first-order valence-electron chi connectivity index (χ1n) is 5.01. The van der Waals surface area contributed by atoms with Gasteiger partial charge in [-0.05, 0) is 26.1 Å². The molecule has 0 saturated carbocycles. The second-order valence-electron chi connectivity index (χ2n) is 3.99. The predicted molar refractivity (Wildman–Crippen MR) is 61.0 cm³/mol. The highest BCUT2D eigenvalue weighted by Crippen LogP contribution is 2.37. The van der Waals surface area contributed by atoms with Gasteiger partial charge in [0.2, 0.25) is 0 Å². The minimum Gasteiger partial charge on any atom is -0.405 e. The average molecular weight is 194 g/mol. The summed E-state index contributed by atoms with van der Waals surface area (Å²) in [5.74, 6) is 0.140. The Hall–Kier alpha value is -0.735. The van der Waals surface area contributed by atoms with Crippen molar-refractivity contribution in [3.8, 4) is 0 Å². The summed E-state index contributed by atoms with van der Waals surface area (Å²) in [5.41, 5.74) is 11.0. The number of ether oxygens (including phenoxy) is 1. The lowest BCUT2D eigenvalue weighted by molar-refractivity contribution is 0.0425. The Kier molecular flexibility index (Phi) is 3.40. The minimum absolute atomic E-state index is 0.0639. The molecule has 0 spiro atoms. The molecule has 1 rings (SSSR count). The molecule has 1 saturated heterocycles. The first-order chi connectivity index (χ1) is 6.56. The van der Waals surface area contributed by atoms with Crippen molar-refractivity contribution in [1.82, 2.24) is 0 Å². The SMILES string of the molecule is CC=CC(C=CN)OC1(C)B(C)C1N. The minimum atomic E-state index is -0.191. The summed E-state index contributed by atoms with van der Waals surface area (Å²) in [6.07, 6.45) is 7.18. The molecule has 0 bridgehead atoms. The van der Waals surface area contributed by atoms with Crippen LogP contribution in [0.3, 0.4) is 0 Å². The molecule has 3 atom stereocenters. The third-order valence-electron chi connectivity index (χ3n) is 3.07. The summed E-state index contributed by atoms with van der Waals surface area (Å²) >= 11 is 0. The van der Waals surface area contributed by atoms with E-state index in [-0.39, 0.29) is 17.5 Å². The van der Waals surface area contributed by atoms with Crippen LogP contribution in [0.25, 0.3) is 0 Å². The molecule has 0 amide bonds. The molecule has 78 valence electrons. The van der Waals surface area contributed by atoms with E-state index in [9.17, 15) is 0 Å². The van der Waals surface area contributed by atoms with Gasteiger partial charge in [0.15, 0.2) is 6.71 Å². The zero-order valence-electron chi connectivity index (χ0n) is 9.10. The van der Waals surface area contributed by atoms with Crippen molar-refractivity contribution in [3.05, 3.63) is 24.4 Å². The van der Waals surface area contributed by atoms with Crippen LogP contribution < -0.4 is 11.5 Å². The maximum Gasteiger partial charge on any atom is 0.199 e. The van der Waals surface area contributed by atoms with Gasteiger partial charge in [-0.3, -0.25) is 0 Å².